The van der Waals surface area contributed by atoms with Crippen LogP contribution in [0.15, 0.2) is 36.5 Å². The Morgan fingerprint density at radius 2 is 2.10 bits per heavy atom. The van der Waals surface area contributed by atoms with Crippen LogP contribution < -0.4 is 5.32 Å². The van der Waals surface area contributed by atoms with Crippen LogP contribution in [-0.4, -0.2) is 16.9 Å². The topological polar surface area (TPSA) is 42.0 Å². The van der Waals surface area contributed by atoms with Crippen LogP contribution in [-0.2, 0) is 0 Å². The van der Waals surface area contributed by atoms with Gasteiger partial charge in [-0.05, 0) is 47.2 Å². The Balaban J connectivity index is 1.69. The zero-order valence-corrected chi connectivity index (χ0v) is 14.5. The third kappa shape index (κ3) is 3.33. The molecule has 1 amide bonds. The zero-order chi connectivity index (χ0) is 15.0. The molecule has 1 aromatic heterocycles. The molecule has 108 valence electrons. The predicted molar refractivity (Wildman–Crippen MR) is 92.0 cm³/mol. The Hall–Kier alpha value is -0.850. The molecule has 1 heterocycles. The number of carbonyl (C=O) groups excluding carboxylic acids is 1. The maximum Gasteiger partial charge on any atom is 0.252 e. The van der Waals surface area contributed by atoms with Crippen molar-refractivity contribution < 1.29 is 4.79 Å². The number of hydrogen-bond donors (Lipinski definition) is 1. The van der Waals surface area contributed by atoms with Gasteiger partial charge in [0.2, 0.25) is 0 Å². The summed E-state index contributed by atoms with van der Waals surface area (Å²) in [6, 6.07) is 9.27. The number of nitrogens with zero attached hydrogens (tertiary/aromatic N) is 1. The molecule has 2 atom stereocenters. The molecule has 21 heavy (non-hydrogen) atoms. The Kier molecular flexibility index (Phi) is 4.38. The van der Waals surface area contributed by atoms with Crippen LogP contribution >= 0.6 is 45.8 Å². The van der Waals surface area contributed by atoms with E-state index in [9.17, 15) is 4.79 Å². The number of benzene rings is 1. The van der Waals surface area contributed by atoms with Crippen molar-refractivity contribution in [3.63, 3.8) is 0 Å². The minimum absolute atomic E-state index is 0.0578. The van der Waals surface area contributed by atoms with Gasteiger partial charge in [0.1, 0.15) is 0 Å². The van der Waals surface area contributed by atoms with Crippen LogP contribution in [0.1, 0.15) is 28.4 Å². The van der Waals surface area contributed by atoms with Crippen LogP contribution in [0, 0.1) is 3.57 Å². The molecule has 1 saturated carbocycles. The quantitative estimate of drug-likeness (QED) is 0.735. The number of carbonyl (C=O) groups is 1. The van der Waals surface area contributed by atoms with Crippen LogP contribution in [0.2, 0.25) is 10.0 Å². The monoisotopic (exact) mass is 432 g/mol. The molecule has 1 fully saturated rings. The lowest BCUT2D eigenvalue weighted by Crippen LogP contribution is -2.27. The molecule has 0 aliphatic heterocycles. The van der Waals surface area contributed by atoms with E-state index in [1.807, 2.05) is 24.3 Å². The van der Waals surface area contributed by atoms with E-state index >= 15 is 0 Å². The van der Waals surface area contributed by atoms with E-state index < -0.39 is 0 Å². The van der Waals surface area contributed by atoms with Crippen molar-refractivity contribution in [3.8, 4) is 0 Å². The predicted octanol–water partition coefficient (Wildman–Crippen LogP) is 4.28. The third-order valence-electron chi connectivity index (χ3n) is 3.41. The Morgan fingerprint density at radius 1 is 1.33 bits per heavy atom. The standard InChI is InChI=1S/C15H11Cl2IN2O/c16-8-5-11(17)14(19-7-8)10-6-13(10)20-15(21)9-3-1-2-4-12(9)18/h1-5,7,10,13H,6H2,(H,20,21). The molecule has 0 radical (unpaired) electrons. The lowest BCUT2D eigenvalue weighted by molar-refractivity contribution is 0.0949. The molecule has 1 aromatic carbocycles. The number of hydrogen-bond acceptors (Lipinski definition) is 2. The Morgan fingerprint density at radius 3 is 2.81 bits per heavy atom. The Labute approximate surface area is 146 Å². The highest BCUT2D eigenvalue weighted by Gasteiger charge is 2.42. The van der Waals surface area contributed by atoms with Gasteiger partial charge in [-0.15, -0.1) is 0 Å². The largest absolute Gasteiger partial charge is 0.349 e. The summed E-state index contributed by atoms with van der Waals surface area (Å²) in [6.45, 7) is 0. The molecule has 0 saturated heterocycles. The van der Waals surface area contributed by atoms with Gasteiger partial charge in [0.15, 0.2) is 0 Å². The van der Waals surface area contributed by atoms with Crippen LogP contribution in [0.25, 0.3) is 0 Å². The smallest absolute Gasteiger partial charge is 0.252 e. The molecule has 1 aliphatic rings. The molecule has 1 N–H and O–H groups in total. The maximum atomic E-state index is 12.2. The average Bonchev–Trinajstić information content (AvgIpc) is 3.18. The lowest BCUT2D eigenvalue weighted by atomic mass is 10.2. The molecule has 0 bridgehead atoms. The second-order valence-corrected chi connectivity index (χ2v) is 6.93. The van der Waals surface area contributed by atoms with Crippen molar-refractivity contribution in [1.82, 2.24) is 10.3 Å². The molecule has 2 aromatic rings. The fourth-order valence-electron chi connectivity index (χ4n) is 2.25. The van der Waals surface area contributed by atoms with E-state index in [1.54, 1.807) is 12.3 Å². The first kappa shape index (κ1) is 15.1. The van der Waals surface area contributed by atoms with Gasteiger partial charge < -0.3 is 5.32 Å². The second kappa shape index (κ2) is 6.10. The molecular weight excluding hydrogens is 422 g/mol. The van der Waals surface area contributed by atoms with Gasteiger partial charge in [-0.25, -0.2) is 0 Å². The highest BCUT2D eigenvalue weighted by atomic mass is 127. The summed E-state index contributed by atoms with van der Waals surface area (Å²) >= 11 is 14.1. The number of nitrogens with one attached hydrogen (secondary N) is 1. The molecule has 3 rings (SSSR count). The molecule has 6 heteroatoms. The summed E-state index contributed by atoms with van der Waals surface area (Å²) < 4.78 is 0.937. The fourth-order valence-corrected chi connectivity index (χ4v) is 3.40. The molecular formula is C15H11Cl2IN2O. The lowest BCUT2D eigenvalue weighted by Gasteiger charge is -2.07. The van der Waals surface area contributed by atoms with E-state index in [0.29, 0.717) is 15.6 Å². The van der Waals surface area contributed by atoms with E-state index in [1.165, 1.54) is 0 Å². The number of amides is 1. The first-order chi connectivity index (χ1) is 10.1. The minimum atomic E-state index is -0.0578. The molecule has 2 unspecified atom stereocenters. The molecule has 1 aliphatic carbocycles. The Bertz CT molecular complexity index is 708. The summed E-state index contributed by atoms with van der Waals surface area (Å²) in [5.41, 5.74) is 1.49. The van der Waals surface area contributed by atoms with Gasteiger partial charge in [-0.3, -0.25) is 9.78 Å². The van der Waals surface area contributed by atoms with Crippen molar-refractivity contribution in [2.24, 2.45) is 0 Å². The summed E-state index contributed by atoms with van der Waals surface area (Å²) in [6.07, 6.45) is 2.43. The first-order valence-corrected chi connectivity index (χ1v) is 8.26. The van der Waals surface area contributed by atoms with Crippen molar-refractivity contribution in [2.45, 2.75) is 18.4 Å². The minimum Gasteiger partial charge on any atom is -0.349 e. The van der Waals surface area contributed by atoms with E-state index in [0.717, 1.165) is 15.7 Å². The SMILES string of the molecule is O=C(NC1CC1c1ncc(Cl)cc1Cl)c1ccccc1I. The maximum absolute atomic E-state index is 12.2. The van der Waals surface area contributed by atoms with E-state index in [4.69, 9.17) is 23.2 Å². The van der Waals surface area contributed by atoms with Crippen molar-refractivity contribution >= 4 is 51.7 Å². The van der Waals surface area contributed by atoms with Gasteiger partial charge in [-0.1, -0.05) is 35.3 Å². The summed E-state index contributed by atoms with van der Waals surface area (Å²) in [7, 11) is 0. The highest BCUT2D eigenvalue weighted by Crippen LogP contribution is 2.43. The van der Waals surface area contributed by atoms with Crippen LogP contribution in [0.5, 0.6) is 0 Å². The number of rotatable bonds is 3. The molecule has 0 spiro atoms. The third-order valence-corrected chi connectivity index (χ3v) is 4.86. The summed E-state index contributed by atoms with van der Waals surface area (Å²) in [5.74, 6) is 0.109. The number of halogens is 3. The number of pyridine rings is 1. The van der Waals surface area contributed by atoms with Crippen LogP contribution in [0.4, 0.5) is 0 Å². The van der Waals surface area contributed by atoms with E-state index in [2.05, 4.69) is 32.9 Å². The number of aromatic nitrogens is 1. The first-order valence-electron chi connectivity index (χ1n) is 6.42. The van der Waals surface area contributed by atoms with Crippen LogP contribution in [0.3, 0.4) is 0 Å². The average molecular weight is 433 g/mol. The van der Waals surface area contributed by atoms with Gasteiger partial charge >= 0.3 is 0 Å². The van der Waals surface area contributed by atoms with E-state index in [-0.39, 0.29) is 17.9 Å². The fraction of sp³-hybridized carbons (Fsp3) is 0.200. The summed E-state index contributed by atoms with van der Waals surface area (Å²) in [4.78, 5) is 16.5. The highest BCUT2D eigenvalue weighted by molar-refractivity contribution is 14.1. The normalized spacial score (nSPS) is 20.1. The second-order valence-electron chi connectivity index (χ2n) is 4.92. The van der Waals surface area contributed by atoms with Crippen molar-refractivity contribution in [3.05, 3.63) is 61.4 Å². The molecule has 3 nitrogen and oxygen atoms in total. The van der Waals surface area contributed by atoms with Gasteiger partial charge in [0.05, 0.1) is 21.3 Å². The van der Waals surface area contributed by atoms with Gasteiger partial charge in [0.25, 0.3) is 5.91 Å². The summed E-state index contributed by atoms with van der Waals surface area (Å²) in [5, 5.41) is 4.10. The van der Waals surface area contributed by atoms with Crippen molar-refractivity contribution in [2.75, 3.05) is 0 Å². The van der Waals surface area contributed by atoms with Gasteiger partial charge in [0, 0.05) is 21.7 Å². The zero-order valence-electron chi connectivity index (χ0n) is 10.8. The van der Waals surface area contributed by atoms with Gasteiger partial charge in [-0.2, -0.15) is 0 Å². The van der Waals surface area contributed by atoms with Crippen molar-refractivity contribution in [1.29, 1.82) is 0 Å².